The Morgan fingerprint density at radius 2 is 2.04 bits per heavy atom. The third kappa shape index (κ3) is 3.36. The molecule has 3 aromatic rings. The number of carbonyl (C=O) groups excluding carboxylic acids is 1. The Morgan fingerprint density at radius 3 is 2.81 bits per heavy atom. The molecule has 1 atom stereocenters. The highest BCUT2D eigenvalue weighted by molar-refractivity contribution is 7.11. The van der Waals surface area contributed by atoms with Crippen LogP contribution in [0.3, 0.4) is 0 Å². The molecule has 1 aliphatic heterocycles. The summed E-state index contributed by atoms with van der Waals surface area (Å²) in [7, 11) is 0. The average Bonchev–Trinajstić information content (AvgIpc) is 3.23. The maximum atomic E-state index is 13.2. The fraction of sp³-hybridized carbons (Fsp3) is 0.211. The highest BCUT2D eigenvalue weighted by Gasteiger charge is 2.27. The molecule has 2 aromatic heterocycles. The lowest BCUT2D eigenvalue weighted by molar-refractivity contribution is 0.0394. The third-order valence-electron chi connectivity index (χ3n) is 4.27. The minimum absolute atomic E-state index is 0.132. The number of morpholine rings is 1. The van der Waals surface area contributed by atoms with Crippen molar-refractivity contribution in [3.63, 3.8) is 0 Å². The van der Waals surface area contributed by atoms with Crippen LogP contribution in [0.2, 0.25) is 0 Å². The quantitative estimate of drug-likeness (QED) is 0.659. The number of rotatable bonds is 4. The smallest absolute Gasteiger partial charge is 0.225 e. The molecule has 1 saturated heterocycles. The van der Waals surface area contributed by atoms with Crippen LogP contribution in [-0.2, 0) is 4.74 Å². The largest absolute Gasteiger partial charge is 0.370 e. The van der Waals surface area contributed by atoms with Crippen molar-refractivity contribution in [2.75, 3.05) is 24.6 Å². The predicted octanol–water partition coefficient (Wildman–Crippen LogP) is 3.49. The molecule has 7 heteroatoms. The van der Waals surface area contributed by atoms with Crippen LogP contribution in [-0.4, -0.2) is 35.4 Å². The first-order valence-corrected chi connectivity index (χ1v) is 9.11. The molecule has 0 amide bonds. The van der Waals surface area contributed by atoms with E-state index in [2.05, 4.69) is 9.97 Å². The zero-order valence-corrected chi connectivity index (χ0v) is 14.7. The van der Waals surface area contributed by atoms with Gasteiger partial charge in [-0.25, -0.2) is 14.4 Å². The lowest BCUT2D eigenvalue weighted by atomic mass is 10.1. The van der Waals surface area contributed by atoms with Gasteiger partial charge in [-0.15, -0.1) is 11.3 Å². The second-order valence-electron chi connectivity index (χ2n) is 5.90. The number of hydrogen-bond donors (Lipinski definition) is 0. The first-order valence-electron chi connectivity index (χ1n) is 8.23. The number of thiazole rings is 1. The Balaban J connectivity index is 1.61. The van der Waals surface area contributed by atoms with Gasteiger partial charge in [-0.1, -0.05) is 12.1 Å². The van der Waals surface area contributed by atoms with Crippen LogP contribution in [0.15, 0.2) is 54.2 Å². The van der Waals surface area contributed by atoms with Crippen molar-refractivity contribution >= 4 is 22.9 Å². The van der Waals surface area contributed by atoms with Gasteiger partial charge in [-0.3, -0.25) is 4.79 Å². The summed E-state index contributed by atoms with van der Waals surface area (Å²) in [5.41, 5.74) is 1.43. The fourth-order valence-electron chi connectivity index (χ4n) is 3.00. The van der Waals surface area contributed by atoms with E-state index >= 15 is 0 Å². The lowest BCUT2D eigenvalue weighted by Crippen LogP contribution is -2.39. The molecule has 1 aromatic carbocycles. The molecule has 0 N–H and O–H groups in total. The molecular formula is C19H16FN3O2S. The summed E-state index contributed by atoms with van der Waals surface area (Å²) in [6, 6.07) is 9.83. The maximum Gasteiger partial charge on any atom is 0.225 e. The van der Waals surface area contributed by atoms with Crippen molar-refractivity contribution in [3.05, 3.63) is 76.1 Å². The maximum absolute atomic E-state index is 13.2. The van der Waals surface area contributed by atoms with Crippen molar-refractivity contribution in [2.24, 2.45) is 0 Å². The highest BCUT2D eigenvalue weighted by atomic mass is 32.1. The molecule has 0 aliphatic carbocycles. The Kier molecular flexibility index (Phi) is 4.73. The van der Waals surface area contributed by atoms with Gasteiger partial charge < -0.3 is 9.64 Å². The van der Waals surface area contributed by atoms with Crippen molar-refractivity contribution in [2.45, 2.75) is 6.10 Å². The van der Waals surface area contributed by atoms with Crippen LogP contribution in [0, 0.1) is 5.82 Å². The van der Waals surface area contributed by atoms with Crippen LogP contribution >= 0.6 is 11.3 Å². The molecule has 26 heavy (non-hydrogen) atoms. The van der Waals surface area contributed by atoms with Crippen LogP contribution in [0.1, 0.15) is 27.0 Å². The number of carbonyl (C=O) groups is 1. The van der Waals surface area contributed by atoms with Crippen molar-refractivity contribution in [1.82, 2.24) is 9.97 Å². The van der Waals surface area contributed by atoms with E-state index in [-0.39, 0.29) is 17.7 Å². The molecule has 1 fully saturated rings. The zero-order valence-electron chi connectivity index (χ0n) is 13.8. The predicted molar refractivity (Wildman–Crippen MR) is 97.1 cm³/mol. The van der Waals surface area contributed by atoms with E-state index in [9.17, 15) is 9.18 Å². The van der Waals surface area contributed by atoms with E-state index in [0.29, 0.717) is 36.1 Å². The number of anilines is 1. The van der Waals surface area contributed by atoms with Gasteiger partial charge in [0.2, 0.25) is 5.78 Å². The summed E-state index contributed by atoms with van der Waals surface area (Å²) in [5, 5.41) is 2.23. The number of aromatic nitrogens is 2. The molecule has 0 saturated carbocycles. The van der Waals surface area contributed by atoms with E-state index in [1.54, 1.807) is 42.0 Å². The second-order valence-corrected chi connectivity index (χ2v) is 6.79. The Labute approximate surface area is 154 Å². The molecule has 1 aliphatic rings. The Hall–Kier alpha value is -2.64. The van der Waals surface area contributed by atoms with Gasteiger partial charge >= 0.3 is 0 Å². The third-order valence-corrected chi connectivity index (χ3v) is 5.04. The minimum atomic E-state index is -0.275. The van der Waals surface area contributed by atoms with Crippen molar-refractivity contribution < 1.29 is 13.9 Å². The van der Waals surface area contributed by atoms with Crippen LogP contribution < -0.4 is 4.90 Å². The van der Waals surface area contributed by atoms with E-state index in [1.165, 1.54) is 23.5 Å². The molecule has 0 spiro atoms. The summed E-state index contributed by atoms with van der Waals surface area (Å²) in [5.74, 6) is 0.221. The number of benzene rings is 1. The second kappa shape index (κ2) is 7.31. The topological polar surface area (TPSA) is 55.3 Å². The molecular weight excluding hydrogens is 353 g/mol. The normalized spacial score (nSPS) is 17.3. The first kappa shape index (κ1) is 16.8. The van der Waals surface area contributed by atoms with Gasteiger partial charge in [0, 0.05) is 30.9 Å². The molecule has 0 radical (unpaired) electrons. The van der Waals surface area contributed by atoms with Gasteiger partial charge in [-0.05, 0) is 29.8 Å². The highest BCUT2D eigenvalue weighted by Crippen LogP contribution is 2.28. The zero-order chi connectivity index (χ0) is 17.9. The summed E-state index contributed by atoms with van der Waals surface area (Å²) in [6.07, 6.45) is 3.10. The average molecular weight is 369 g/mol. The molecule has 0 unspecified atom stereocenters. The molecule has 4 rings (SSSR count). The number of halogens is 1. The molecule has 3 heterocycles. The first-order chi connectivity index (χ1) is 12.7. The lowest BCUT2D eigenvalue weighted by Gasteiger charge is -2.34. The van der Waals surface area contributed by atoms with Gasteiger partial charge in [0.25, 0.3) is 0 Å². The van der Waals surface area contributed by atoms with Gasteiger partial charge in [0.15, 0.2) is 5.01 Å². The summed E-state index contributed by atoms with van der Waals surface area (Å²) >= 11 is 1.31. The van der Waals surface area contributed by atoms with E-state index < -0.39 is 0 Å². The molecule has 132 valence electrons. The number of hydrogen-bond acceptors (Lipinski definition) is 6. The number of nitrogens with zero attached hydrogens (tertiary/aromatic N) is 3. The summed E-state index contributed by atoms with van der Waals surface area (Å²) in [6.45, 7) is 1.68. The van der Waals surface area contributed by atoms with Crippen molar-refractivity contribution in [3.8, 4) is 0 Å². The van der Waals surface area contributed by atoms with Gasteiger partial charge in [-0.2, -0.15) is 0 Å². The SMILES string of the molecule is O=C(c1nccs1)c1cccnc1N1CCO[C@H](c2ccc(F)cc2)C1. The summed E-state index contributed by atoms with van der Waals surface area (Å²) < 4.78 is 19.0. The molecule has 5 nitrogen and oxygen atoms in total. The number of pyridine rings is 1. The molecule has 0 bridgehead atoms. The Bertz CT molecular complexity index is 899. The fourth-order valence-corrected chi connectivity index (χ4v) is 3.59. The van der Waals surface area contributed by atoms with Gasteiger partial charge in [0.1, 0.15) is 17.7 Å². The van der Waals surface area contributed by atoms with E-state index in [4.69, 9.17) is 4.74 Å². The summed E-state index contributed by atoms with van der Waals surface area (Å²) in [4.78, 5) is 23.4. The van der Waals surface area contributed by atoms with Crippen molar-refractivity contribution in [1.29, 1.82) is 0 Å². The number of ketones is 1. The van der Waals surface area contributed by atoms with Crippen LogP contribution in [0.4, 0.5) is 10.2 Å². The minimum Gasteiger partial charge on any atom is -0.370 e. The monoisotopic (exact) mass is 369 g/mol. The van der Waals surface area contributed by atoms with E-state index in [0.717, 1.165) is 5.56 Å². The Morgan fingerprint density at radius 1 is 1.19 bits per heavy atom. The van der Waals surface area contributed by atoms with Gasteiger partial charge in [0.05, 0.1) is 12.2 Å². The van der Waals surface area contributed by atoms with Crippen LogP contribution in [0.25, 0.3) is 0 Å². The standard InChI is InChI=1S/C19H16FN3O2S/c20-14-5-3-13(4-6-14)16-12-23(9-10-25-16)18-15(2-1-7-21-18)17(24)19-22-8-11-26-19/h1-8,11,16H,9-10,12H2/t16-/m0/s1. The van der Waals surface area contributed by atoms with Crippen LogP contribution in [0.5, 0.6) is 0 Å². The van der Waals surface area contributed by atoms with E-state index in [1.807, 2.05) is 4.90 Å². The number of ether oxygens (including phenoxy) is 1.